The van der Waals surface area contributed by atoms with Crippen molar-refractivity contribution in [2.75, 3.05) is 28.4 Å². The number of urea groups is 1. The van der Waals surface area contributed by atoms with Crippen molar-refractivity contribution in [3.63, 3.8) is 0 Å². The van der Waals surface area contributed by atoms with Gasteiger partial charge in [0.1, 0.15) is 32.1 Å². The maximum Gasteiger partial charge on any atom is 1.00 e. The molecule has 0 radical (unpaired) electrons. The Kier molecular flexibility index (Phi) is 12.2. The molecule has 4 aromatic carbocycles. The third-order valence-corrected chi connectivity index (χ3v) is 9.64. The number of phenolic OH excluding ortho intramolecular Hbond substituents is 1. The second-order valence-corrected chi connectivity index (χ2v) is 13.3. The molecular weight excluding hydrogens is 643 g/mol. The van der Waals surface area contributed by atoms with Crippen LogP contribution in [0.15, 0.2) is 86.7 Å². The molecule has 0 aromatic heterocycles. The quantitative estimate of drug-likeness (QED) is 0.0609. The minimum absolute atomic E-state index is 0. The molecule has 46 heavy (non-hydrogen) atoms. The van der Waals surface area contributed by atoms with Gasteiger partial charge in [0.25, 0.3) is 10.0 Å². The average molecular weight is 677 g/mol. The van der Waals surface area contributed by atoms with Crippen LogP contribution in [0, 0.1) is 6.92 Å². The number of nitrogens with two attached hydrogens (primary N) is 1. The molecule has 0 aliphatic rings. The normalized spacial score (nSPS) is 11.7. The van der Waals surface area contributed by atoms with Crippen LogP contribution in [-0.2, 0) is 20.1 Å². The van der Waals surface area contributed by atoms with E-state index in [0.717, 1.165) is 25.0 Å². The van der Waals surface area contributed by atoms with Crippen molar-refractivity contribution < 1.29 is 60.8 Å². The minimum atomic E-state index is -4.86. The predicted molar refractivity (Wildman–Crippen MR) is 172 cm³/mol. The number of amides is 2. The first-order valence-corrected chi connectivity index (χ1v) is 16.8. The molecule has 4 rings (SSSR count). The molecule has 16 heteroatoms. The molecule has 0 atom stereocenters. The van der Waals surface area contributed by atoms with E-state index in [1.807, 2.05) is 6.92 Å². The van der Waals surface area contributed by atoms with Gasteiger partial charge < -0.3 is 26.0 Å². The molecule has 0 unspecified atom stereocenters. The Balaban J connectivity index is 0.00000576. The largest absolute Gasteiger partial charge is 1.00 e. The summed E-state index contributed by atoms with van der Waals surface area (Å²) in [6.07, 6.45) is 1.75. The van der Waals surface area contributed by atoms with Crippen molar-refractivity contribution in [3.8, 4) is 5.75 Å². The summed E-state index contributed by atoms with van der Waals surface area (Å²) in [6.45, 7) is 6.00. The number of rotatable bonds is 11. The van der Waals surface area contributed by atoms with E-state index < -0.39 is 36.8 Å². The topological polar surface area (TPSA) is 207 Å². The number of nitrogen functional groups attached to an aromatic ring is 1. The monoisotopic (exact) mass is 676 g/mol. The van der Waals surface area contributed by atoms with Crippen LogP contribution in [0.1, 0.15) is 32.3 Å². The number of carbonyl (C=O) groups is 1. The number of aromatic hydroxyl groups is 1. The Labute approximate surface area is 290 Å². The molecule has 4 aromatic rings. The molecular formula is C30H33N6NaO7S2. The fourth-order valence-corrected chi connectivity index (χ4v) is 6.81. The number of fused-ring (bicyclic) bond motifs is 1. The SMILES string of the molecule is CCCCNC(=O)Nc1ccc(C)c(N(CC)S(=O)(=O)c2ccccc2N=Nc2c(N)ccc3cc(S(=O)(=O)[O-])cc(O)c23)c1.[Na+]. The smallest absolute Gasteiger partial charge is 0.744 e. The van der Waals surface area contributed by atoms with Gasteiger partial charge in [-0.2, -0.15) is 0 Å². The average Bonchev–Trinajstić information content (AvgIpc) is 2.98. The summed E-state index contributed by atoms with van der Waals surface area (Å²) >= 11 is 0. The number of benzene rings is 4. The van der Waals surface area contributed by atoms with Crippen molar-refractivity contribution in [1.82, 2.24) is 5.32 Å². The molecule has 238 valence electrons. The number of nitrogens with zero attached hydrogens (tertiary/aromatic N) is 3. The third-order valence-electron chi connectivity index (χ3n) is 6.89. The fourth-order valence-electron chi connectivity index (χ4n) is 4.63. The van der Waals surface area contributed by atoms with E-state index in [1.165, 1.54) is 34.6 Å². The minimum Gasteiger partial charge on any atom is -0.744 e. The number of anilines is 3. The van der Waals surface area contributed by atoms with Gasteiger partial charge >= 0.3 is 35.6 Å². The van der Waals surface area contributed by atoms with Crippen molar-refractivity contribution in [2.24, 2.45) is 10.2 Å². The van der Waals surface area contributed by atoms with Crippen molar-refractivity contribution in [1.29, 1.82) is 0 Å². The number of nitrogens with one attached hydrogen (secondary N) is 2. The summed E-state index contributed by atoms with van der Waals surface area (Å²) in [5, 5.41) is 24.6. The van der Waals surface area contributed by atoms with E-state index in [2.05, 4.69) is 20.9 Å². The molecule has 0 spiro atoms. The van der Waals surface area contributed by atoms with Gasteiger partial charge in [-0.3, -0.25) is 4.31 Å². The van der Waals surface area contributed by atoms with E-state index in [1.54, 1.807) is 38.1 Å². The summed E-state index contributed by atoms with van der Waals surface area (Å²) in [5.74, 6) is -0.566. The van der Waals surface area contributed by atoms with E-state index >= 15 is 0 Å². The molecule has 0 heterocycles. The first-order chi connectivity index (χ1) is 21.3. The van der Waals surface area contributed by atoms with Crippen molar-refractivity contribution in [3.05, 3.63) is 72.3 Å². The van der Waals surface area contributed by atoms with E-state index in [9.17, 15) is 31.3 Å². The van der Waals surface area contributed by atoms with Crippen LogP contribution in [0.2, 0.25) is 0 Å². The molecule has 0 saturated carbocycles. The summed E-state index contributed by atoms with van der Waals surface area (Å²) in [5.41, 5.74) is 7.49. The number of hydrogen-bond acceptors (Lipinski definition) is 10. The summed E-state index contributed by atoms with van der Waals surface area (Å²) in [4.78, 5) is 11.5. The molecule has 0 saturated heterocycles. The molecule has 0 bridgehead atoms. The zero-order valence-electron chi connectivity index (χ0n) is 25.8. The summed E-state index contributed by atoms with van der Waals surface area (Å²) in [6, 6.07) is 15.2. The van der Waals surface area contributed by atoms with Crippen LogP contribution in [0.4, 0.5) is 33.2 Å². The summed E-state index contributed by atoms with van der Waals surface area (Å²) in [7, 11) is -9.10. The second-order valence-electron chi connectivity index (χ2n) is 10.1. The molecule has 0 fully saturated rings. The number of azo groups is 1. The van der Waals surface area contributed by atoms with E-state index in [0.29, 0.717) is 23.5 Å². The zero-order valence-corrected chi connectivity index (χ0v) is 29.4. The molecule has 13 nitrogen and oxygen atoms in total. The van der Waals surface area contributed by atoms with Crippen LogP contribution in [-0.4, -0.2) is 45.6 Å². The Morgan fingerprint density at radius 1 is 1.00 bits per heavy atom. The number of sulfonamides is 1. The summed E-state index contributed by atoms with van der Waals surface area (Å²) < 4.78 is 64.0. The van der Waals surface area contributed by atoms with Crippen LogP contribution >= 0.6 is 0 Å². The maximum atomic E-state index is 14.1. The third kappa shape index (κ3) is 8.15. The van der Waals surface area contributed by atoms with Gasteiger partial charge in [0.2, 0.25) is 0 Å². The van der Waals surface area contributed by atoms with Crippen LogP contribution in [0.3, 0.4) is 0 Å². The maximum absolute atomic E-state index is 14.1. The van der Waals surface area contributed by atoms with Gasteiger partial charge in [-0.25, -0.2) is 21.6 Å². The number of unbranched alkanes of at least 4 members (excludes halogenated alkanes) is 1. The van der Waals surface area contributed by atoms with Crippen molar-refractivity contribution >= 4 is 65.4 Å². The molecule has 2 amide bonds. The Hall–Kier alpha value is -3.73. The number of carbonyl (C=O) groups excluding carboxylic acids is 1. The fraction of sp³-hybridized carbons (Fsp3) is 0.233. The Morgan fingerprint density at radius 2 is 1.72 bits per heavy atom. The van der Waals surface area contributed by atoms with Gasteiger partial charge in [0.15, 0.2) is 0 Å². The number of hydrogen-bond donors (Lipinski definition) is 4. The second kappa shape index (κ2) is 15.2. The van der Waals surface area contributed by atoms with Crippen LogP contribution in [0.25, 0.3) is 10.8 Å². The van der Waals surface area contributed by atoms with Gasteiger partial charge in [-0.1, -0.05) is 37.6 Å². The predicted octanol–water partition coefficient (Wildman–Crippen LogP) is 2.90. The number of aryl methyl sites for hydroxylation is 1. The molecule has 5 N–H and O–H groups in total. The van der Waals surface area contributed by atoms with Gasteiger partial charge in [-0.05, 0) is 73.7 Å². The number of phenols is 1. The van der Waals surface area contributed by atoms with Crippen molar-refractivity contribution in [2.45, 2.75) is 43.4 Å². The Morgan fingerprint density at radius 3 is 2.39 bits per heavy atom. The van der Waals surface area contributed by atoms with Gasteiger partial charge in [0.05, 0.1) is 21.7 Å². The van der Waals surface area contributed by atoms with Crippen LogP contribution < -0.4 is 50.2 Å². The molecule has 0 aliphatic carbocycles. The van der Waals surface area contributed by atoms with E-state index in [-0.39, 0.29) is 68.8 Å². The first-order valence-electron chi connectivity index (χ1n) is 14.0. The molecule has 0 aliphatic heterocycles. The van der Waals surface area contributed by atoms with Gasteiger partial charge in [0, 0.05) is 18.8 Å². The van der Waals surface area contributed by atoms with Gasteiger partial charge in [-0.15, -0.1) is 10.2 Å². The Bertz CT molecular complexity index is 2000. The first kappa shape index (κ1) is 36.7. The van der Waals surface area contributed by atoms with E-state index in [4.69, 9.17) is 5.73 Å². The van der Waals surface area contributed by atoms with Crippen LogP contribution in [0.5, 0.6) is 5.75 Å². The standard InChI is InChI=1S/C30H34N6O7S2.Na/c1-4-6-15-32-30(38)33-21-13-11-19(3)25(17-21)36(5-2)44(39,40)27-10-8-7-9-24(27)34-35-29-23(31)14-12-20-16-22(45(41,42)43)18-26(37)28(20)29;/h7-14,16-18,37H,4-6,15,31H2,1-3H3,(H2,32,33,38)(H,41,42,43);/q;+1/p-1. The zero-order chi connectivity index (χ0) is 32.9.